The Morgan fingerprint density at radius 2 is 1.71 bits per heavy atom. The number of hydrogen-bond acceptors (Lipinski definition) is 3. The summed E-state index contributed by atoms with van der Waals surface area (Å²) in [6, 6.07) is 9.08. The zero-order valence-corrected chi connectivity index (χ0v) is 8.71. The average molecular weight is 209 g/mol. The molecule has 0 saturated heterocycles. The van der Waals surface area contributed by atoms with Crippen LogP contribution in [-0.4, -0.2) is 14.7 Å². The molecule has 1 rings (SSSR count). The van der Waals surface area contributed by atoms with Crippen LogP contribution in [0.15, 0.2) is 24.3 Å². The second-order valence-electron chi connectivity index (χ2n) is 3.22. The Morgan fingerprint density at radius 1 is 1.21 bits per heavy atom. The number of hydrogen-bond donors (Lipinski definition) is 0. The van der Waals surface area contributed by atoms with Gasteiger partial charge < -0.3 is 0 Å². The minimum Gasteiger partial charge on any atom is -0.229 e. The van der Waals surface area contributed by atoms with Crippen LogP contribution in [0.3, 0.4) is 0 Å². The van der Waals surface area contributed by atoms with E-state index in [4.69, 9.17) is 5.26 Å². The van der Waals surface area contributed by atoms with Gasteiger partial charge in [-0.25, -0.2) is 8.42 Å². The highest BCUT2D eigenvalue weighted by Gasteiger charge is 2.03. The van der Waals surface area contributed by atoms with Gasteiger partial charge in [0.2, 0.25) is 0 Å². The Kier molecular flexibility index (Phi) is 3.26. The Bertz CT molecular complexity index is 440. The lowest BCUT2D eigenvalue weighted by atomic mass is 10.1. The number of nitriles is 1. The monoisotopic (exact) mass is 209 g/mol. The first-order chi connectivity index (χ1) is 6.51. The van der Waals surface area contributed by atoms with Gasteiger partial charge in [-0.15, -0.1) is 0 Å². The molecule has 0 atom stereocenters. The van der Waals surface area contributed by atoms with Crippen LogP contribution in [0, 0.1) is 11.3 Å². The third kappa shape index (κ3) is 3.58. The molecule has 0 aliphatic heterocycles. The Labute approximate surface area is 83.9 Å². The fourth-order valence-electron chi connectivity index (χ4n) is 1.15. The van der Waals surface area contributed by atoms with E-state index in [2.05, 4.69) is 0 Å². The van der Waals surface area contributed by atoms with E-state index in [9.17, 15) is 8.42 Å². The minimum atomic E-state index is -2.97. The number of rotatable bonds is 3. The van der Waals surface area contributed by atoms with Gasteiger partial charge in [-0.1, -0.05) is 24.3 Å². The van der Waals surface area contributed by atoms with Crippen molar-refractivity contribution in [2.24, 2.45) is 0 Å². The fourth-order valence-corrected chi connectivity index (χ4v) is 1.95. The molecule has 0 radical (unpaired) electrons. The van der Waals surface area contributed by atoms with Crippen LogP contribution >= 0.6 is 0 Å². The summed E-state index contributed by atoms with van der Waals surface area (Å²) in [6.07, 6.45) is 1.56. The topological polar surface area (TPSA) is 57.9 Å². The summed E-state index contributed by atoms with van der Waals surface area (Å²) in [6.45, 7) is 0. The molecular weight excluding hydrogens is 198 g/mol. The summed E-state index contributed by atoms with van der Waals surface area (Å²) >= 11 is 0. The van der Waals surface area contributed by atoms with Crippen LogP contribution < -0.4 is 0 Å². The van der Waals surface area contributed by atoms with E-state index in [1.807, 2.05) is 6.07 Å². The molecule has 74 valence electrons. The average Bonchev–Trinajstić information content (AvgIpc) is 2.06. The molecule has 0 saturated carbocycles. The Morgan fingerprint density at radius 3 is 2.14 bits per heavy atom. The zero-order chi connectivity index (χ0) is 10.6. The third-order valence-electron chi connectivity index (χ3n) is 1.74. The van der Waals surface area contributed by atoms with Crippen molar-refractivity contribution in [1.82, 2.24) is 0 Å². The van der Waals surface area contributed by atoms with E-state index in [0.717, 1.165) is 11.1 Å². The smallest absolute Gasteiger partial charge is 0.151 e. The van der Waals surface area contributed by atoms with Crippen molar-refractivity contribution >= 4 is 9.84 Å². The van der Waals surface area contributed by atoms with Gasteiger partial charge >= 0.3 is 0 Å². The van der Waals surface area contributed by atoms with Gasteiger partial charge in [-0.05, 0) is 11.1 Å². The number of sulfone groups is 1. The molecule has 0 heterocycles. The number of benzene rings is 1. The first-order valence-corrected chi connectivity index (χ1v) is 6.20. The van der Waals surface area contributed by atoms with Gasteiger partial charge in [0.15, 0.2) is 9.84 Å². The van der Waals surface area contributed by atoms with Crippen molar-refractivity contribution in [2.75, 3.05) is 6.26 Å². The van der Waals surface area contributed by atoms with Crippen molar-refractivity contribution < 1.29 is 8.42 Å². The minimum absolute atomic E-state index is 0.0554. The first-order valence-electron chi connectivity index (χ1n) is 4.14. The molecule has 0 amide bonds. The van der Waals surface area contributed by atoms with Crippen LogP contribution in [-0.2, 0) is 22.0 Å². The normalized spacial score (nSPS) is 10.9. The van der Waals surface area contributed by atoms with Crippen LogP contribution in [0.5, 0.6) is 0 Å². The zero-order valence-electron chi connectivity index (χ0n) is 7.90. The summed E-state index contributed by atoms with van der Waals surface area (Å²) in [5.41, 5.74) is 1.67. The lowest BCUT2D eigenvalue weighted by Crippen LogP contribution is -2.00. The highest BCUT2D eigenvalue weighted by molar-refractivity contribution is 7.89. The summed E-state index contributed by atoms with van der Waals surface area (Å²) in [5, 5.41) is 8.43. The molecular formula is C10H11NO2S. The predicted octanol–water partition coefficient (Wildman–Crippen LogP) is 1.30. The van der Waals surface area contributed by atoms with Crippen LogP contribution in [0.1, 0.15) is 11.1 Å². The molecule has 1 aromatic rings. The van der Waals surface area contributed by atoms with Gasteiger partial charge in [0.05, 0.1) is 18.2 Å². The highest BCUT2D eigenvalue weighted by Crippen LogP contribution is 2.07. The van der Waals surface area contributed by atoms with Crippen LogP contribution in [0.25, 0.3) is 0 Å². The molecule has 0 fully saturated rings. The summed E-state index contributed by atoms with van der Waals surface area (Å²) in [4.78, 5) is 0. The molecule has 0 N–H and O–H groups in total. The Hall–Kier alpha value is -1.34. The predicted molar refractivity (Wildman–Crippen MR) is 54.3 cm³/mol. The van der Waals surface area contributed by atoms with Crippen molar-refractivity contribution in [1.29, 1.82) is 5.26 Å². The van der Waals surface area contributed by atoms with E-state index in [1.165, 1.54) is 6.26 Å². The van der Waals surface area contributed by atoms with Crippen molar-refractivity contribution in [3.8, 4) is 6.07 Å². The molecule has 0 aliphatic rings. The van der Waals surface area contributed by atoms with E-state index in [0.29, 0.717) is 6.42 Å². The lowest BCUT2D eigenvalue weighted by molar-refractivity contribution is 0.601. The molecule has 1 aromatic carbocycles. The second-order valence-corrected chi connectivity index (χ2v) is 5.36. The van der Waals surface area contributed by atoms with Crippen molar-refractivity contribution in [3.63, 3.8) is 0 Å². The van der Waals surface area contributed by atoms with E-state index >= 15 is 0 Å². The van der Waals surface area contributed by atoms with Gasteiger partial charge in [0, 0.05) is 6.26 Å². The molecule has 0 aliphatic carbocycles. The molecule has 0 aromatic heterocycles. The molecule has 4 heteroatoms. The maximum absolute atomic E-state index is 11.0. The summed E-state index contributed by atoms with van der Waals surface area (Å²) in [7, 11) is -2.97. The van der Waals surface area contributed by atoms with E-state index in [-0.39, 0.29) is 5.75 Å². The molecule has 0 spiro atoms. The molecule has 14 heavy (non-hydrogen) atoms. The molecule has 0 unspecified atom stereocenters. The van der Waals surface area contributed by atoms with Gasteiger partial charge in [-0.3, -0.25) is 0 Å². The molecule has 3 nitrogen and oxygen atoms in total. The lowest BCUT2D eigenvalue weighted by Gasteiger charge is -2.00. The van der Waals surface area contributed by atoms with Crippen molar-refractivity contribution in [2.45, 2.75) is 12.2 Å². The summed E-state index contributed by atoms with van der Waals surface area (Å²) in [5.74, 6) is 0.0554. The van der Waals surface area contributed by atoms with E-state index in [1.54, 1.807) is 24.3 Å². The SMILES string of the molecule is CS(=O)(=O)Cc1ccc(CC#N)cc1. The highest BCUT2D eigenvalue weighted by atomic mass is 32.2. The quantitative estimate of drug-likeness (QED) is 0.753. The van der Waals surface area contributed by atoms with Crippen LogP contribution in [0.4, 0.5) is 0 Å². The third-order valence-corrected chi connectivity index (χ3v) is 2.59. The second kappa shape index (κ2) is 4.25. The standard InChI is InChI=1S/C10H11NO2S/c1-14(12,13)8-10-4-2-9(3-5-10)6-7-11/h2-5H,6,8H2,1H3. The Balaban J connectivity index is 2.80. The first kappa shape index (κ1) is 10.7. The van der Waals surface area contributed by atoms with Gasteiger partial charge in [0.1, 0.15) is 0 Å². The maximum atomic E-state index is 11.0. The maximum Gasteiger partial charge on any atom is 0.151 e. The van der Waals surface area contributed by atoms with Gasteiger partial charge in [-0.2, -0.15) is 5.26 Å². The van der Waals surface area contributed by atoms with Crippen molar-refractivity contribution in [3.05, 3.63) is 35.4 Å². The van der Waals surface area contributed by atoms with Gasteiger partial charge in [0.25, 0.3) is 0 Å². The molecule has 0 bridgehead atoms. The fraction of sp³-hybridized carbons (Fsp3) is 0.300. The summed E-state index contributed by atoms with van der Waals surface area (Å²) < 4.78 is 21.9. The van der Waals surface area contributed by atoms with E-state index < -0.39 is 9.84 Å². The largest absolute Gasteiger partial charge is 0.229 e. The number of nitrogens with zero attached hydrogens (tertiary/aromatic N) is 1. The van der Waals surface area contributed by atoms with Crippen LogP contribution in [0.2, 0.25) is 0 Å².